The standard InChI is InChI=1S/C15H32O2Si/c1-7-11-18(12-8-2,13-9-3)17-14(16)15(5,6)10-4/h7-13H2,1-6H3. The maximum Gasteiger partial charge on any atom is 0.298 e. The van der Waals surface area contributed by atoms with E-state index in [1.165, 1.54) is 0 Å². The van der Waals surface area contributed by atoms with Crippen LogP contribution in [0.2, 0.25) is 18.1 Å². The Kier molecular flexibility index (Phi) is 7.84. The van der Waals surface area contributed by atoms with Crippen molar-refractivity contribution in [3.05, 3.63) is 0 Å². The fourth-order valence-corrected chi connectivity index (χ4v) is 6.83. The predicted molar refractivity (Wildman–Crippen MR) is 81.2 cm³/mol. The maximum atomic E-state index is 12.3. The molecular formula is C15H32O2Si. The van der Waals surface area contributed by atoms with Crippen LogP contribution in [0.3, 0.4) is 0 Å². The minimum Gasteiger partial charge on any atom is -0.519 e. The van der Waals surface area contributed by atoms with Gasteiger partial charge in [-0.25, -0.2) is 0 Å². The summed E-state index contributed by atoms with van der Waals surface area (Å²) in [6.45, 7) is 12.7. The number of carbonyl (C=O) groups excluding carboxylic acids is 1. The molecular weight excluding hydrogens is 240 g/mol. The fourth-order valence-electron chi connectivity index (χ4n) is 2.37. The van der Waals surface area contributed by atoms with Crippen molar-refractivity contribution in [1.82, 2.24) is 0 Å². The minimum absolute atomic E-state index is 0.0343. The Labute approximate surface area is 115 Å². The van der Waals surface area contributed by atoms with Gasteiger partial charge in [-0.05, 0) is 38.4 Å². The number of hydrogen-bond donors (Lipinski definition) is 0. The van der Waals surface area contributed by atoms with Crippen molar-refractivity contribution >= 4 is 14.3 Å². The van der Waals surface area contributed by atoms with E-state index in [1.54, 1.807) is 0 Å². The van der Waals surface area contributed by atoms with Gasteiger partial charge in [-0.1, -0.05) is 47.0 Å². The first-order valence-corrected chi connectivity index (χ1v) is 10.1. The maximum absolute atomic E-state index is 12.3. The summed E-state index contributed by atoms with van der Waals surface area (Å²) in [4.78, 5) is 12.3. The number of carbonyl (C=O) groups is 1. The van der Waals surface area contributed by atoms with Gasteiger partial charge < -0.3 is 4.43 Å². The summed E-state index contributed by atoms with van der Waals surface area (Å²) >= 11 is 0. The average Bonchev–Trinajstić information content (AvgIpc) is 2.30. The molecule has 3 heteroatoms. The second-order valence-electron chi connectivity index (χ2n) is 6.06. The van der Waals surface area contributed by atoms with E-state index in [0.29, 0.717) is 0 Å². The van der Waals surface area contributed by atoms with Gasteiger partial charge in [0.15, 0.2) is 0 Å². The van der Waals surface area contributed by atoms with Gasteiger partial charge in [0.1, 0.15) is 0 Å². The molecule has 0 aromatic rings. The Morgan fingerprint density at radius 1 is 0.944 bits per heavy atom. The molecule has 0 fully saturated rings. The van der Waals surface area contributed by atoms with Crippen LogP contribution in [0.4, 0.5) is 0 Å². The molecule has 0 radical (unpaired) electrons. The van der Waals surface area contributed by atoms with Crippen LogP contribution >= 0.6 is 0 Å². The smallest absolute Gasteiger partial charge is 0.298 e. The highest BCUT2D eigenvalue weighted by Crippen LogP contribution is 2.31. The molecule has 0 bridgehead atoms. The van der Waals surface area contributed by atoms with Gasteiger partial charge in [-0.2, -0.15) is 0 Å². The van der Waals surface area contributed by atoms with Gasteiger partial charge in [0.25, 0.3) is 14.3 Å². The first-order chi connectivity index (χ1) is 8.37. The fraction of sp³-hybridized carbons (Fsp3) is 0.933. The Morgan fingerprint density at radius 3 is 1.61 bits per heavy atom. The average molecular weight is 273 g/mol. The van der Waals surface area contributed by atoms with Crippen molar-refractivity contribution in [1.29, 1.82) is 0 Å². The molecule has 0 amide bonds. The van der Waals surface area contributed by atoms with Crippen LogP contribution in [0.5, 0.6) is 0 Å². The third-order valence-corrected chi connectivity index (χ3v) is 8.71. The minimum atomic E-state index is -1.83. The molecule has 0 rings (SSSR count). The zero-order chi connectivity index (χ0) is 14.2. The molecule has 0 saturated heterocycles. The molecule has 0 aliphatic heterocycles. The molecule has 108 valence electrons. The Balaban J connectivity index is 4.90. The van der Waals surface area contributed by atoms with E-state index in [0.717, 1.165) is 43.8 Å². The predicted octanol–water partition coefficient (Wildman–Crippen LogP) is 5.14. The Morgan fingerprint density at radius 2 is 1.33 bits per heavy atom. The summed E-state index contributed by atoms with van der Waals surface area (Å²) in [5, 5.41) is 0. The third-order valence-electron chi connectivity index (χ3n) is 3.86. The summed E-state index contributed by atoms with van der Waals surface area (Å²) in [5.41, 5.74) is -0.326. The highest BCUT2D eigenvalue weighted by atomic mass is 28.4. The Hall–Kier alpha value is -0.313. The lowest BCUT2D eigenvalue weighted by atomic mass is 9.91. The van der Waals surface area contributed by atoms with Gasteiger partial charge in [-0.15, -0.1) is 0 Å². The second kappa shape index (κ2) is 7.98. The van der Waals surface area contributed by atoms with Gasteiger partial charge in [-0.3, -0.25) is 4.79 Å². The highest BCUT2D eigenvalue weighted by molar-refractivity contribution is 6.75. The van der Waals surface area contributed by atoms with Crippen LogP contribution in [-0.2, 0) is 9.22 Å². The van der Waals surface area contributed by atoms with Crippen molar-refractivity contribution in [3.8, 4) is 0 Å². The van der Waals surface area contributed by atoms with Crippen LogP contribution in [0.25, 0.3) is 0 Å². The van der Waals surface area contributed by atoms with E-state index >= 15 is 0 Å². The number of rotatable bonds is 9. The lowest BCUT2D eigenvalue weighted by Crippen LogP contribution is -2.43. The van der Waals surface area contributed by atoms with E-state index in [2.05, 4.69) is 27.7 Å². The normalized spacial score (nSPS) is 12.6. The number of hydrogen-bond acceptors (Lipinski definition) is 2. The van der Waals surface area contributed by atoms with Crippen molar-refractivity contribution in [2.45, 2.75) is 85.4 Å². The first kappa shape index (κ1) is 17.7. The van der Waals surface area contributed by atoms with Crippen molar-refractivity contribution in [2.24, 2.45) is 5.41 Å². The summed E-state index contributed by atoms with van der Waals surface area (Å²) < 4.78 is 6.12. The molecule has 2 nitrogen and oxygen atoms in total. The van der Waals surface area contributed by atoms with Crippen LogP contribution in [0, 0.1) is 5.41 Å². The third kappa shape index (κ3) is 5.13. The lowest BCUT2D eigenvalue weighted by Gasteiger charge is -2.34. The van der Waals surface area contributed by atoms with Crippen LogP contribution < -0.4 is 0 Å². The summed E-state index contributed by atoms with van der Waals surface area (Å²) in [7, 11) is -1.83. The largest absolute Gasteiger partial charge is 0.519 e. The molecule has 0 aromatic carbocycles. The Bertz CT molecular complexity index is 232. The summed E-state index contributed by atoms with van der Waals surface area (Å²) in [6, 6.07) is 3.38. The molecule has 0 heterocycles. The van der Waals surface area contributed by atoms with E-state index < -0.39 is 8.32 Å². The molecule has 0 aliphatic rings. The quantitative estimate of drug-likeness (QED) is 0.543. The van der Waals surface area contributed by atoms with Gasteiger partial charge in [0.05, 0.1) is 5.41 Å². The van der Waals surface area contributed by atoms with E-state index in [9.17, 15) is 4.79 Å². The zero-order valence-corrected chi connectivity index (χ0v) is 14.3. The second-order valence-corrected chi connectivity index (χ2v) is 10.1. The molecule has 0 N–H and O–H groups in total. The molecule has 0 atom stereocenters. The summed E-state index contributed by atoms with van der Waals surface area (Å²) in [6.07, 6.45) is 4.24. The molecule has 0 unspecified atom stereocenters. The van der Waals surface area contributed by atoms with Crippen molar-refractivity contribution in [2.75, 3.05) is 0 Å². The first-order valence-electron chi connectivity index (χ1n) is 7.61. The van der Waals surface area contributed by atoms with Crippen molar-refractivity contribution in [3.63, 3.8) is 0 Å². The molecule has 0 spiro atoms. The lowest BCUT2D eigenvalue weighted by molar-refractivity contribution is -0.145. The molecule has 0 saturated carbocycles. The van der Waals surface area contributed by atoms with Crippen LogP contribution in [0.1, 0.15) is 67.2 Å². The summed E-state index contributed by atoms with van der Waals surface area (Å²) in [5.74, 6) is 0.0343. The van der Waals surface area contributed by atoms with Crippen molar-refractivity contribution < 1.29 is 9.22 Å². The van der Waals surface area contributed by atoms with Crippen LogP contribution in [0.15, 0.2) is 0 Å². The molecule has 18 heavy (non-hydrogen) atoms. The van der Waals surface area contributed by atoms with E-state index in [1.807, 2.05) is 13.8 Å². The molecule has 0 aliphatic carbocycles. The molecule has 0 aromatic heterocycles. The topological polar surface area (TPSA) is 26.3 Å². The van der Waals surface area contributed by atoms with Gasteiger partial charge in [0, 0.05) is 0 Å². The zero-order valence-electron chi connectivity index (χ0n) is 13.3. The van der Waals surface area contributed by atoms with E-state index in [4.69, 9.17) is 4.43 Å². The van der Waals surface area contributed by atoms with Gasteiger partial charge in [0.2, 0.25) is 0 Å². The monoisotopic (exact) mass is 272 g/mol. The van der Waals surface area contributed by atoms with E-state index in [-0.39, 0.29) is 11.4 Å². The SMILES string of the molecule is CCC[Si](CCC)(CCC)OC(=O)C(C)(C)CC. The van der Waals surface area contributed by atoms with Gasteiger partial charge >= 0.3 is 0 Å². The highest BCUT2D eigenvalue weighted by Gasteiger charge is 2.39. The van der Waals surface area contributed by atoms with Crippen LogP contribution in [-0.4, -0.2) is 14.3 Å².